The molecule has 0 heterocycles. The lowest BCUT2D eigenvalue weighted by Crippen LogP contribution is -2.47. The highest BCUT2D eigenvalue weighted by Gasteiger charge is 2.27. The van der Waals surface area contributed by atoms with Crippen LogP contribution in [-0.2, 0) is 13.6 Å². The molecule has 0 fully saturated rings. The summed E-state index contributed by atoms with van der Waals surface area (Å²) < 4.78 is 25.2. The van der Waals surface area contributed by atoms with Gasteiger partial charge in [0.15, 0.2) is 0 Å². The average Bonchev–Trinajstić information content (AvgIpc) is 2.74. The lowest BCUT2D eigenvalue weighted by Gasteiger charge is -2.34. The Hall–Kier alpha value is 0.110. The summed E-state index contributed by atoms with van der Waals surface area (Å²) in [6.07, 6.45) is 9.71. The molecule has 2 unspecified atom stereocenters. The molecule has 178 valence electrons. The minimum absolute atomic E-state index is 0.461. The van der Waals surface area contributed by atoms with E-state index in [0.717, 1.165) is 25.7 Å². The molecular formula is C24H55NO3P+. The van der Waals surface area contributed by atoms with Crippen LogP contribution in [0.4, 0.5) is 0 Å². The van der Waals surface area contributed by atoms with E-state index in [-0.39, 0.29) is 0 Å². The first-order chi connectivity index (χ1) is 13.9. The number of nitrogens with zero attached hydrogens (tertiary/aromatic N) is 1. The van der Waals surface area contributed by atoms with Crippen molar-refractivity contribution < 1.29 is 18.1 Å². The van der Waals surface area contributed by atoms with Crippen LogP contribution in [0.2, 0.25) is 0 Å². The van der Waals surface area contributed by atoms with Gasteiger partial charge in [-0.25, -0.2) is 0 Å². The van der Waals surface area contributed by atoms with Gasteiger partial charge in [0.25, 0.3) is 0 Å². The number of quaternary nitrogens is 1. The third-order valence-corrected chi connectivity index (χ3v) is 8.51. The molecule has 0 saturated heterocycles. The Kier molecular flexibility index (Phi) is 21.6. The highest BCUT2D eigenvalue weighted by molar-refractivity contribution is 7.53. The molecule has 5 heteroatoms. The van der Waals surface area contributed by atoms with Crippen LogP contribution in [-0.4, -0.2) is 50.0 Å². The molecule has 0 aliphatic carbocycles. The maximum atomic E-state index is 12.7. The van der Waals surface area contributed by atoms with Crippen LogP contribution in [0, 0.1) is 5.92 Å². The monoisotopic (exact) mass is 436 g/mol. The fraction of sp³-hybridized carbons (Fsp3) is 1.00. The van der Waals surface area contributed by atoms with Crippen molar-refractivity contribution in [3.05, 3.63) is 0 Å². The molecule has 29 heavy (non-hydrogen) atoms. The zero-order valence-corrected chi connectivity index (χ0v) is 22.2. The molecule has 0 aliphatic heterocycles. The lowest BCUT2D eigenvalue weighted by molar-refractivity contribution is -0.921. The van der Waals surface area contributed by atoms with Crippen LogP contribution in [0.25, 0.3) is 0 Å². The molecule has 0 saturated carbocycles. The average molecular weight is 437 g/mol. The zero-order chi connectivity index (χ0) is 22.6. The second kappa shape index (κ2) is 20.0. The van der Waals surface area contributed by atoms with Gasteiger partial charge in [-0.15, -0.1) is 0 Å². The molecule has 0 aromatic heterocycles. The first-order valence-electron chi connectivity index (χ1n) is 12.6. The number of hydrogen-bond donors (Lipinski definition) is 0. The van der Waals surface area contributed by atoms with E-state index < -0.39 is 7.60 Å². The summed E-state index contributed by atoms with van der Waals surface area (Å²) in [5.74, 6) is 0.461. The van der Waals surface area contributed by atoms with E-state index in [1.54, 1.807) is 0 Å². The van der Waals surface area contributed by atoms with Crippen molar-refractivity contribution in [3.63, 3.8) is 0 Å². The van der Waals surface area contributed by atoms with E-state index in [2.05, 4.69) is 48.5 Å². The lowest BCUT2D eigenvalue weighted by atomic mass is 10.0. The topological polar surface area (TPSA) is 35.5 Å². The first kappa shape index (κ1) is 31.3. The minimum atomic E-state index is -2.88. The Bertz CT molecular complexity index is 369. The summed E-state index contributed by atoms with van der Waals surface area (Å²) in [5.41, 5.74) is 0. The van der Waals surface area contributed by atoms with Gasteiger partial charge in [-0.2, -0.15) is 0 Å². The van der Waals surface area contributed by atoms with Crippen molar-refractivity contribution in [1.29, 1.82) is 0 Å². The van der Waals surface area contributed by atoms with E-state index >= 15 is 0 Å². The highest BCUT2D eigenvalue weighted by atomic mass is 31.2. The van der Waals surface area contributed by atoms with Gasteiger partial charge in [0.2, 0.25) is 0 Å². The van der Waals surface area contributed by atoms with Crippen molar-refractivity contribution >= 4 is 7.60 Å². The van der Waals surface area contributed by atoms with Crippen LogP contribution < -0.4 is 0 Å². The molecule has 0 amide bonds. The summed E-state index contributed by atoms with van der Waals surface area (Å²) in [4.78, 5) is 0. The normalized spacial score (nSPS) is 14.8. The summed E-state index contributed by atoms with van der Waals surface area (Å²) in [6, 6.07) is 0. The molecule has 2 atom stereocenters. The van der Waals surface area contributed by atoms with Gasteiger partial charge in [-0.1, -0.05) is 59.3 Å². The van der Waals surface area contributed by atoms with E-state index in [9.17, 15) is 4.57 Å². The second-order valence-electron chi connectivity index (χ2n) is 8.13. The fourth-order valence-electron chi connectivity index (χ4n) is 3.65. The smallest absolute Gasteiger partial charge is 0.325 e. The van der Waals surface area contributed by atoms with Gasteiger partial charge in [0.1, 0.15) is 0 Å². The van der Waals surface area contributed by atoms with Crippen molar-refractivity contribution in [3.8, 4) is 0 Å². The Balaban J connectivity index is 0. The van der Waals surface area contributed by atoms with Gasteiger partial charge in [-0.05, 0) is 53.4 Å². The molecule has 0 rings (SSSR count). The van der Waals surface area contributed by atoms with Crippen LogP contribution in [0.15, 0.2) is 0 Å². The fourth-order valence-corrected chi connectivity index (χ4v) is 5.81. The molecule has 0 bridgehead atoms. The standard InChI is InChI=1S/C16H35O3P.C8H20N/c1-5-9-11-12-14-19-20(17,18-8-4)15-16(7-3)13-10-6-2;1-5-9(6-2,7-3)8-4/h16H,5-15H2,1-4H3;5-8H2,1-4H3/q;+1. The molecule has 0 aromatic rings. The van der Waals surface area contributed by atoms with E-state index in [1.807, 2.05) is 6.92 Å². The van der Waals surface area contributed by atoms with Crippen molar-refractivity contribution in [2.45, 2.75) is 107 Å². The predicted octanol–water partition coefficient (Wildman–Crippen LogP) is 7.91. The van der Waals surface area contributed by atoms with Crippen molar-refractivity contribution in [2.75, 3.05) is 45.6 Å². The van der Waals surface area contributed by atoms with E-state index in [4.69, 9.17) is 9.05 Å². The van der Waals surface area contributed by atoms with Crippen molar-refractivity contribution in [1.82, 2.24) is 0 Å². The predicted molar refractivity (Wildman–Crippen MR) is 130 cm³/mol. The Morgan fingerprint density at radius 3 is 1.66 bits per heavy atom. The van der Waals surface area contributed by atoms with E-state index in [0.29, 0.717) is 25.3 Å². The van der Waals surface area contributed by atoms with Gasteiger partial charge in [0, 0.05) is 0 Å². The summed E-state index contributed by atoms with van der Waals surface area (Å²) in [7, 11) is -2.88. The Morgan fingerprint density at radius 1 is 0.724 bits per heavy atom. The number of rotatable bonds is 18. The van der Waals surface area contributed by atoms with Gasteiger partial charge in [0.05, 0.1) is 45.6 Å². The Labute approximate surface area is 184 Å². The summed E-state index contributed by atoms with van der Waals surface area (Å²) in [5, 5.41) is 0. The SMILES string of the molecule is CCCCCCOP(=O)(CC(CC)CCCC)OCC.CC[N+](CC)(CC)CC. The zero-order valence-electron chi connectivity index (χ0n) is 21.3. The Morgan fingerprint density at radius 2 is 1.28 bits per heavy atom. The third kappa shape index (κ3) is 15.5. The third-order valence-electron chi connectivity index (χ3n) is 6.32. The van der Waals surface area contributed by atoms with Gasteiger partial charge in [-0.3, -0.25) is 4.57 Å². The molecule has 0 aromatic carbocycles. The number of unbranched alkanes of at least 4 members (excludes halogenated alkanes) is 4. The molecular weight excluding hydrogens is 381 g/mol. The van der Waals surface area contributed by atoms with Crippen molar-refractivity contribution in [2.24, 2.45) is 5.92 Å². The van der Waals surface area contributed by atoms with Gasteiger partial charge >= 0.3 is 7.60 Å². The summed E-state index contributed by atoms with van der Waals surface area (Å²) in [6.45, 7) is 23.7. The van der Waals surface area contributed by atoms with Crippen LogP contribution in [0.3, 0.4) is 0 Å². The maximum Gasteiger partial charge on any atom is 0.330 e. The largest absolute Gasteiger partial charge is 0.330 e. The number of hydrogen-bond acceptors (Lipinski definition) is 3. The van der Waals surface area contributed by atoms with Crippen LogP contribution >= 0.6 is 7.60 Å². The molecule has 0 aliphatic rings. The van der Waals surface area contributed by atoms with E-state index in [1.165, 1.54) is 56.3 Å². The molecule has 0 radical (unpaired) electrons. The minimum Gasteiger partial charge on any atom is -0.325 e. The molecule has 0 N–H and O–H groups in total. The first-order valence-corrected chi connectivity index (χ1v) is 14.3. The van der Waals surface area contributed by atoms with Gasteiger partial charge < -0.3 is 13.5 Å². The van der Waals surface area contributed by atoms with Crippen LogP contribution in [0.5, 0.6) is 0 Å². The maximum absolute atomic E-state index is 12.7. The molecule has 4 nitrogen and oxygen atoms in total. The molecule has 0 spiro atoms. The quantitative estimate of drug-likeness (QED) is 0.124. The highest BCUT2D eigenvalue weighted by Crippen LogP contribution is 2.50. The van der Waals surface area contributed by atoms with Crippen LogP contribution in [0.1, 0.15) is 107 Å². The summed E-state index contributed by atoms with van der Waals surface area (Å²) >= 11 is 0. The second-order valence-corrected chi connectivity index (χ2v) is 10.2.